The zero-order valence-corrected chi connectivity index (χ0v) is 14.0. The summed E-state index contributed by atoms with van der Waals surface area (Å²) in [6.45, 7) is 4.92. The maximum Gasteiger partial charge on any atom is 0.222 e. The lowest BCUT2D eigenvalue weighted by molar-refractivity contribution is -0.127. The third-order valence-corrected chi connectivity index (χ3v) is 5.24. The minimum absolute atomic E-state index is 0.287. The summed E-state index contributed by atoms with van der Waals surface area (Å²) in [5, 5.41) is 1.16. The van der Waals surface area contributed by atoms with Crippen molar-refractivity contribution in [1.29, 1.82) is 0 Å². The van der Waals surface area contributed by atoms with E-state index in [0.29, 0.717) is 5.91 Å². The molecule has 2 fully saturated rings. The predicted octanol–water partition coefficient (Wildman–Crippen LogP) is 2.63. The summed E-state index contributed by atoms with van der Waals surface area (Å²) in [7, 11) is 0. The van der Waals surface area contributed by atoms with Crippen LogP contribution in [0, 0.1) is 0 Å². The second-order valence-electron chi connectivity index (χ2n) is 6.84. The van der Waals surface area contributed by atoms with Crippen molar-refractivity contribution in [3.63, 3.8) is 0 Å². The van der Waals surface area contributed by atoms with E-state index in [1.54, 1.807) is 0 Å². The average Bonchev–Trinajstić information content (AvgIpc) is 3.24. The number of fused-ring (bicyclic) bond motifs is 1. The van der Waals surface area contributed by atoms with Crippen molar-refractivity contribution in [1.82, 2.24) is 14.8 Å². The van der Waals surface area contributed by atoms with Crippen LogP contribution in [-0.2, 0) is 4.79 Å². The van der Waals surface area contributed by atoms with Gasteiger partial charge in [-0.3, -0.25) is 4.79 Å². The molecule has 2 saturated heterocycles. The number of hydrogen-bond donors (Lipinski definition) is 1. The molecule has 4 rings (SSSR count). The summed E-state index contributed by atoms with van der Waals surface area (Å²) in [5.41, 5.74) is 1.13. The predicted molar refractivity (Wildman–Crippen MR) is 94.2 cm³/mol. The second kappa shape index (κ2) is 6.85. The molecule has 1 amide bonds. The fourth-order valence-corrected chi connectivity index (χ4v) is 3.79. The van der Waals surface area contributed by atoms with Crippen LogP contribution in [-0.4, -0.2) is 59.5 Å². The van der Waals surface area contributed by atoms with Gasteiger partial charge in [0, 0.05) is 56.2 Å². The first-order chi connectivity index (χ1) is 11.8. The van der Waals surface area contributed by atoms with Gasteiger partial charge in [0.1, 0.15) is 11.9 Å². The van der Waals surface area contributed by atoms with Crippen LogP contribution in [0.5, 0.6) is 5.75 Å². The summed E-state index contributed by atoms with van der Waals surface area (Å²) >= 11 is 0. The maximum atomic E-state index is 11.7. The Morgan fingerprint density at radius 2 is 2.00 bits per heavy atom. The molecule has 0 aliphatic carbocycles. The van der Waals surface area contributed by atoms with Crippen LogP contribution in [0.2, 0.25) is 0 Å². The number of hydrogen-bond acceptors (Lipinski definition) is 3. The molecule has 2 aromatic rings. The van der Waals surface area contributed by atoms with Crippen LogP contribution in [0.25, 0.3) is 10.9 Å². The Labute approximate surface area is 142 Å². The van der Waals surface area contributed by atoms with Gasteiger partial charge in [-0.1, -0.05) is 6.07 Å². The van der Waals surface area contributed by atoms with Crippen molar-refractivity contribution in [3.05, 3.63) is 30.5 Å². The molecular weight excluding hydrogens is 302 g/mol. The highest BCUT2D eigenvalue weighted by molar-refractivity contribution is 5.85. The number of nitrogens with zero attached hydrogens (tertiary/aromatic N) is 2. The summed E-state index contributed by atoms with van der Waals surface area (Å²) in [6.07, 6.45) is 6.11. The number of aromatic nitrogens is 1. The van der Waals surface area contributed by atoms with E-state index < -0.39 is 0 Å². The zero-order chi connectivity index (χ0) is 16.4. The molecule has 0 bridgehead atoms. The topological polar surface area (TPSA) is 48.6 Å². The van der Waals surface area contributed by atoms with Crippen LogP contribution in [0.4, 0.5) is 0 Å². The number of amides is 1. The van der Waals surface area contributed by atoms with Gasteiger partial charge >= 0.3 is 0 Å². The third-order valence-electron chi connectivity index (χ3n) is 5.24. The Hall–Kier alpha value is -2.01. The van der Waals surface area contributed by atoms with E-state index in [-0.39, 0.29) is 6.10 Å². The first-order valence-corrected chi connectivity index (χ1v) is 9.02. The Kier molecular flexibility index (Phi) is 4.43. The molecule has 0 spiro atoms. The van der Waals surface area contributed by atoms with Gasteiger partial charge in [-0.15, -0.1) is 0 Å². The number of carbonyl (C=O) groups excluding carboxylic acids is 1. The molecule has 1 N–H and O–H groups in total. The van der Waals surface area contributed by atoms with Crippen molar-refractivity contribution >= 4 is 16.8 Å². The second-order valence-corrected chi connectivity index (χ2v) is 6.84. The van der Waals surface area contributed by atoms with Gasteiger partial charge in [0.15, 0.2) is 0 Å². The number of nitrogens with one attached hydrogen (secondary N) is 1. The Bertz CT molecular complexity index is 703. The molecule has 5 heteroatoms. The van der Waals surface area contributed by atoms with Gasteiger partial charge in [-0.2, -0.15) is 0 Å². The number of benzene rings is 1. The van der Waals surface area contributed by atoms with Gasteiger partial charge < -0.3 is 19.5 Å². The molecule has 0 atom stereocenters. The number of aromatic amines is 1. The normalized spacial score (nSPS) is 20.2. The molecule has 0 saturated carbocycles. The number of ether oxygens (including phenoxy) is 1. The van der Waals surface area contributed by atoms with Crippen molar-refractivity contribution in [2.45, 2.75) is 31.8 Å². The Balaban J connectivity index is 1.27. The van der Waals surface area contributed by atoms with E-state index in [9.17, 15) is 4.79 Å². The van der Waals surface area contributed by atoms with Crippen LogP contribution in [0.15, 0.2) is 30.5 Å². The molecule has 1 aromatic heterocycles. The van der Waals surface area contributed by atoms with Crippen molar-refractivity contribution in [3.8, 4) is 5.75 Å². The lowest BCUT2D eigenvalue weighted by Gasteiger charge is -2.33. The quantitative estimate of drug-likeness (QED) is 0.918. The van der Waals surface area contributed by atoms with E-state index >= 15 is 0 Å². The Morgan fingerprint density at radius 3 is 2.79 bits per heavy atom. The summed E-state index contributed by atoms with van der Waals surface area (Å²) in [4.78, 5) is 19.4. The summed E-state index contributed by atoms with van der Waals surface area (Å²) < 4.78 is 6.26. The van der Waals surface area contributed by atoms with Crippen LogP contribution < -0.4 is 4.74 Å². The van der Waals surface area contributed by atoms with Gasteiger partial charge in [0.2, 0.25) is 5.91 Å². The molecule has 3 heterocycles. The number of rotatable bonds is 5. The van der Waals surface area contributed by atoms with Gasteiger partial charge in [-0.25, -0.2) is 0 Å². The zero-order valence-electron chi connectivity index (χ0n) is 14.0. The van der Waals surface area contributed by atoms with Crippen LogP contribution >= 0.6 is 0 Å². The number of H-pyrrole nitrogens is 1. The van der Waals surface area contributed by atoms with Gasteiger partial charge in [0.05, 0.1) is 0 Å². The van der Waals surface area contributed by atoms with E-state index in [2.05, 4.69) is 28.1 Å². The first kappa shape index (κ1) is 15.5. The minimum Gasteiger partial charge on any atom is -0.490 e. The van der Waals surface area contributed by atoms with E-state index in [1.807, 2.05) is 17.2 Å². The lowest BCUT2D eigenvalue weighted by Crippen LogP contribution is -2.42. The number of carbonyl (C=O) groups is 1. The summed E-state index contributed by atoms with van der Waals surface area (Å²) in [6, 6.07) is 8.25. The fourth-order valence-electron chi connectivity index (χ4n) is 3.79. The minimum atomic E-state index is 0.287. The third kappa shape index (κ3) is 3.26. The van der Waals surface area contributed by atoms with E-state index in [4.69, 9.17) is 4.74 Å². The van der Waals surface area contributed by atoms with Gasteiger partial charge in [-0.05, 0) is 37.5 Å². The van der Waals surface area contributed by atoms with Crippen molar-refractivity contribution in [2.24, 2.45) is 0 Å². The number of likely N-dealkylation sites (tertiary alicyclic amines) is 2. The highest BCUT2D eigenvalue weighted by Crippen LogP contribution is 2.27. The lowest BCUT2D eigenvalue weighted by atomic mass is 10.1. The van der Waals surface area contributed by atoms with Crippen LogP contribution in [0.1, 0.15) is 25.7 Å². The fraction of sp³-hybridized carbons (Fsp3) is 0.526. The monoisotopic (exact) mass is 327 g/mol. The first-order valence-electron chi connectivity index (χ1n) is 9.02. The van der Waals surface area contributed by atoms with Crippen molar-refractivity contribution < 1.29 is 9.53 Å². The largest absolute Gasteiger partial charge is 0.490 e. The molecule has 0 radical (unpaired) electrons. The Morgan fingerprint density at radius 1 is 1.12 bits per heavy atom. The SMILES string of the molecule is O=C1CCCN1CCN1CCC(Oc2cccc3[nH]ccc23)CC1. The van der Waals surface area contributed by atoms with Crippen molar-refractivity contribution in [2.75, 3.05) is 32.7 Å². The highest BCUT2D eigenvalue weighted by atomic mass is 16.5. The molecule has 2 aliphatic rings. The maximum absolute atomic E-state index is 11.7. The molecule has 2 aliphatic heterocycles. The van der Waals surface area contributed by atoms with E-state index in [0.717, 1.165) is 75.1 Å². The molecular formula is C19H25N3O2. The highest BCUT2D eigenvalue weighted by Gasteiger charge is 2.24. The molecule has 5 nitrogen and oxygen atoms in total. The molecule has 24 heavy (non-hydrogen) atoms. The summed E-state index contributed by atoms with van der Waals surface area (Å²) in [5.74, 6) is 1.31. The number of piperidine rings is 1. The van der Waals surface area contributed by atoms with E-state index in [1.165, 1.54) is 0 Å². The smallest absolute Gasteiger partial charge is 0.222 e. The van der Waals surface area contributed by atoms with Crippen LogP contribution in [0.3, 0.4) is 0 Å². The molecule has 128 valence electrons. The average molecular weight is 327 g/mol. The standard InChI is InChI=1S/C19H25N3O2/c23-19-5-2-10-22(19)14-13-21-11-7-15(8-12-21)24-18-4-1-3-17-16(18)6-9-20-17/h1,3-4,6,9,15,20H,2,5,7-8,10-14H2. The molecule has 1 aromatic carbocycles. The van der Waals surface area contributed by atoms with Gasteiger partial charge in [0.25, 0.3) is 0 Å². The molecule has 0 unspecified atom stereocenters.